The van der Waals surface area contributed by atoms with Crippen LogP contribution in [-0.2, 0) is 4.79 Å². The number of nitrogens with two attached hydrogens (primary N) is 1. The third kappa shape index (κ3) is 3.70. The molecule has 1 saturated carbocycles. The van der Waals surface area contributed by atoms with E-state index in [9.17, 15) is 4.79 Å². The van der Waals surface area contributed by atoms with Gasteiger partial charge in [0.25, 0.3) is 0 Å². The van der Waals surface area contributed by atoms with Gasteiger partial charge in [0.15, 0.2) is 0 Å². The first-order valence-electron chi connectivity index (χ1n) is 7.05. The van der Waals surface area contributed by atoms with Crippen molar-refractivity contribution in [2.75, 3.05) is 6.54 Å². The quantitative estimate of drug-likeness (QED) is 0.749. The average Bonchev–Trinajstić information content (AvgIpc) is 2.26. The number of hydrogen-bond donors (Lipinski definition) is 2. The van der Waals surface area contributed by atoms with E-state index in [4.69, 9.17) is 5.73 Å². The zero-order valence-electron chi connectivity index (χ0n) is 11.6. The maximum atomic E-state index is 11.4. The summed E-state index contributed by atoms with van der Waals surface area (Å²) in [6, 6.07) is 0. The summed E-state index contributed by atoms with van der Waals surface area (Å²) in [7, 11) is 0. The van der Waals surface area contributed by atoms with Crippen LogP contribution in [0, 0.1) is 11.8 Å². The summed E-state index contributed by atoms with van der Waals surface area (Å²) in [4.78, 5) is 11.4. The molecule has 0 aliphatic heterocycles. The standard InChI is InChI=1S/C14H28N2O/c1-4-9-16-14(10-13(15)17)8-6-5-7-12(14)11(2)3/h11-12,16H,4-10H2,1-3H3,(H2,15,17). The molecule has 2 atom stereocenters. The molecular weight excluding hydrogens is 212 g/mol. The van der Waals surface area contributed by atoms with Gasteiger partial charge in [-0.2, -0.15) is 0 Å². The maximum Gasteiger partial charge on any atom is 0.219 e. The van der Waals surface area contributed by atoms with Crippen LogP contribution in [0.5, 0.6) is 0 Å². The van der Waals surface area contributed by atoms with Gasteiger partial charge in [0.1, 0.15) is 0 Å². The van der Waals surface area contributed by atoms with Crippen molar-refractivity contribution in [1.82, 2.24) is 5.32 Å². The molecule has 17 heavy (non-hydrogen) atoms. The summed E-state index contributed by atoms with van der Waals surface area (Å²) >= 11 is 0. The summed E-state index contributed by atoms with van der Waals surface area (Å²) in [5.41, 5.74) is 5.43. The van der Waals surface area contributed by atoms with E-state index in [0.29, 0.717) is 18.3 Å². The molecule has 100 valence electrons. The molecule has 1 aliphatic carbocycles. The van der Waals surface area contributed by atoms with Crippen molar-refractivity contribution in [3.63, 3.8) is 0 Å². The van der Waals surface area contributed by atoms with E-state index in [-0.39, 0.29) is 11.4 Å². The van der Waals surface area contributed by atoms with Gasteiger partial charge < -0.3 is 11.1 Å². The minimum absolute atomic E-state index is 0.0335. The Kier molecular flexibility index (Phi) is 5.44. The maximum absolute atomic E-state index is 11.4. The Labute approximate surface area is 106 Å². The lowest BCUT2D eigenvalue weighted by Gasteiger charge is -2.46. The second-order valence-electron chi connectivity index (χ2n) is 5.82. The fourth-order valence-electron chi connectivity index (χ4n) is 3.42. The first kappa shape index (κ1) is 14.5. The van der Waals surface area contributed by atoms with Crippen LogP contribution in [0.25, 0.3) is 0 Å². The van der Waals surface area contributed by atoms with Gasteiger partial charge in [-0.1, -0.05) is 33.6 Å². The molecule has 0 aromatic rings. The largest absolute Gasteiger partial charge is 0.370 e. The molecule has 3 heteroatoms. The lowest BCUT2D eigenvalue weighted by Crippen LogP contribution is -2.56. The highest BCUT2D eigenvalue weighted by molar-refractivity contribution is 5.75. The predicted octanol–water partition coefficient (Wildman–Crippen LogP) is 2.45. The number of carbonyl (C=O) groups excluding carboxylic acids is 1. The van der Waals surface area contributed by atoms with Crippen LogP contribution in [0.4, 0.5) is 0 Å². The number of primary amides is 1. The lowest BCUT2D eigenvalue weighted by molar-refractivity contribution is -0.120. The van der Waals surface area contributed by atoms with E-state index in [2.05, 4.69) is 26.1 Å². The van der Waals surface area contributed by atoms with E-state index in [1.54, 1.807) is 0 Å². The van der Waals surface area contributed by atoms with Crippen LogP contribution in [0.1, 0.15) is 59.3 Å². The fraction of sp³-hybridized carbons (Fsp3) is 0.929. The number of amides is 1. The Balaban J connectivity index is 2.85. The van der Waals surface area contributed by atoms with E-state index in [1.807, 2.05) is 0 Å². The van der Waals surface area contributed by atoms with Crippen LogP contribution in [-0.4, -0.2) is 18.0 Å². The second-order valence-corrected chi connectivity index (χ2v) is 5.82. The van der Waals surface area contributed by atoms with Crippen LogP contribution in [0.3, 0.4) is 0 Å². The van der Waals surface area contributed by atoms with Crippen molar-refractivity contribution < 1.29 is 4.79 Å². The number of hydrogen-bond acceptors (Lipinski definition) is 2. The monoisotopic (exact) mass is 240 g/mol. The van der Waals surface area contributed by atoms with Crippen LogP contribution >= 0.6 is 0 Å². The summed E-state index contributed by atoms with van der Waals surface area (Å²) in [6.45, 7) is 7.67. The second kappa shape index (κ2) is 6.39. The number of carbonyl (C=O) groups is 1. The molecular formula is C14H28N2O. The van der Waals surface area contributed by atoms with Crippen molar-refractivity contribution in [2.45, 2.75) is 64.8 Å². The molecule has 0 heterocycles. The summed E-state index contributed by atoms with van der Waals surface area (Å²) in [6.07, 6.45) is 6.42. The molecule has 2 unspecified atom stereocenters. The topological polar surface area (TPSA) is 55.1 Å². The Hall–Kier alpha value is -0.570. The molecule has 0 aromatic heterocycles. The van der Waals surface area contributed by atoms with Crippen LogP contribution in [0.15, 0.2) is 0 Å². The van der Waals surface area contributed by atoms with E-state index < -0.39 is 0 Å². The molecule has 1 fully saturated rings. The first-order valence-corrected chi connectivity index (χ1v) is 7.05. The van der Waals surface area contributed by atoms with Gasteiger partial charge in [-0.15, -0.1) is 0 Å². The zero-order valence-corrected chi connectivity index (χ0v) is 11.6. The number of rotatable bonds is 6. The highest BCUT2D eigenvalue weighted by atomic mass is 16.1. The molecule has 3 nitrogen and oxygen atoms in total. The normalized spacial score (nSPS) is 29.5. The average molecular weight is 240 g/mol. The molecule has 0 radical (unpaired) electrons. The molecule has 1 amide bonds. The van der Waals surface area contributed by atoms with E-state index >= 15 is 0 Å². The molecule has 0 bridgehead atoms. The Bertz CT molecular complexity index is 253. The van der Waals surface area contributed by atoms with E-state index in [1.165, 1.54) is 19.3 Å². The molecule has 0 spiro atoms. The Morgan fingerprint density at radius 1 is 1.47 bits per heavy atom. The van der Waals surface area contributed by atoms with E-state index in [0.717, 1.165) is 19.4 Å². The van der Waals surface area contributed by atoms with Crippen LogP contribution < -0.4 is 11.1 Å². The van der Waals surface area contributed by atoms with Gasteiger partial charge in [-0.05, 0) is 37.6 Å². The van der Waals surface area contributed by atoms with Gasteiger partial charge in [-0.25, -0.2) is 0 Å². The molecule has 1 rings (SSSR count). The van der Waals surface area contributed by atoms with Crippen molar-refractivity contribution in [3.8, 4) is 0 Å². The summed E-state index contributed by atoms with van der Waals surface area (Å²) in [5, 5.41) is 3.65. The lowest BCUT2D eigenvalue weighted by atomic mass is 9.66. The highest BCUT2D eigenvalue weighted by Crippen LogP contribution is 2.40. The molecule has 1 aliphatic rings. The zero-order chi connectivity index (χ0) is 12.9. The summed E-state index contributed by atoms with van der Waals surface area (Å²) in [5.74, 6) is 1.02. The summed E-state index contributed by atoms with van der Waals surface area (Å²) < 4.78 is 0. The van der Waals surface area contributed by atoms with Crippen molar-refractivity contribution in [2.24, 2.45) is 17.6 Å². The van der Waals surface area contributed by atoms with Gasteiger partial charge in [-0.3, -0.25) is 4.79 Å². The Morgan fingerprint density at radius 3 is 2.71 bits per heavy atom. The van der Waals surface area contributed by atoms with Crippen LogP contribution in [0.2, 0.25) is 0 Å². The Morgan fingerprint density at radius 2 is 2.18 bits per heavy atom. The van der Waals surface area contributed by atoms with Gasteiger partial charge in [0.2, 0.25) is 5.91 Å². The molecule has 0 aromatic carbocycles. The number of nitrogens with one attached hydrogen (secondary N) is 1. The molecule has 3 N–H and O–H groups in total. The first-order chi connectivity index (χ1) is 8.02. The van der Waals surface area contributed by atoms with Crippen molar-refractivity contribution in [3.05, 3.63) is 0 Å². The third-order valence-corrected chi connectivity index (χ3v) is 4.12. The third-order valence-electron chi connectivity index (χ3n) is 4.12. The van der Waals surface area contributed by atoms with Crippen molar-refractivity contribution >= 4 is 5.91 Å². The highest BCUT2D eigenvalue weighted by Gasteiger charge is 2.42. The minimum atomic E-state index is -0.166. The van der Waals surface area contributed by atoms with Gasteiger partial charge >= 0.3 is 0 Å². The predicted molar refractivity (Wildman–Crippen MR) is 71.6 cm³/mol. The SMILES string of the molecule is CCCNC1(CC(N)=O)CCCCC1C(C)C. The smallest absolute Gasteiger partial charge is 0.219 e. The van der Waals surface area contributed by atoms with Crippen molar-refractivity contribution in [1.29, 1.82) is 0 Å². The van der Waals surface area contributed by atoms with Gasteiger partial charge in [0.05, 0.1) is 0 Å². The minimum Gasteiger partial charge on any atom is -0.370 e. The fourth-order valence-corrected chi connectivity index (χ4v) is 3.42. The molecule has 0 saturated heterocycles. The van der Waals surface area contributed by atoms with Gasteiger partial charge in [0, 0.05) is 12.0 Å².